The molecule has 0 aliphatic heterocycles. The molecule has 1 aliphatic rings. The lowest BCUT2D eigenvalue weighted by molar-refractivity contribution is 0.204. The van der Waals surface area contributed by atoms with Crippen molar-refractivity contribution >= 4 is 23.0 Å². The maximum atomic E-state index is 5.14. The van der Waals surface area contributed by atoms with Crippen LogP contribution in [-0.2, 0) is 4.74 Å². The average Bonchev–Trinajstić information content (AvgIpc) is 2.24. The highest BCUT2D eigenvalue weighted by molar-refractivity contribution is 7.80. The SMILES string of the molecule is COCCNC(=S)N/N=C1/CC(C)CC(C)(C)C1. The van der Waals surface area contributed by atoms with Crippen LogP contribution in [0.3, 0.4) is 0 Å². The molecule has 104 valence electrons. The van der Waals surface area contributed by atoms with Crippen molar-refractivity contribution in [3.63, 3.8) is 0 Å². The largest absolute Gasteiger partial charge is 0.383 e. The van der Waals surface area contributed by atoms with Crippen LogP contribution in [0.15, 0.2) is 5.10 Å². The second-order valence-electron chi connectivity index (χ2n) is 5.89. The molecule has 5 heteroatoms. The molecule has 1 unspecified atom stereocenters. The first kappa shape index (κ1) is 15.4. The van der Waals surface area contributed by atoms with Gasteiger partial charge < -0.3 is 10.1 Å². The van der Waals surface area contributed by atoms with Gasteiger partial charge in [-0.2, -0.15) is 5.10 Å². The Labute approximate surface area is 116 Å². The van der Waals surface area contributed by atoms with Gasteiger partial charge in [0, 0.05) is 19.4 Å². The van der Waals surface area contributed by atoms with Gasteiger partial charge in [-0.25, -0.2) is 0 Å². The van der Waals surface area contributed by atoms with Gasteiger partial charge in [-0.05, 0) is 42.8 Å². The first-order chi connectivity index (χ1) is 8.43. The molecule has 4 nitrogen and oxygen atoms in total. The van der Waals surface area contributed by atoms with E-state index in [9.17, 15) is 0 Å². The van der Waals surface area contributed by atoms with E-state index in [4.69, 9.17) is 17.0 Å². The number of hydrogen-bond donors (Lipinski definition) is 2. The Morgan fingerprint density at radius 1 is 1.56 bits per heavy atom. The maximum Gasteiger partial charge on any atom is 0.187 e. The van der Waals surface area contributed by atoms with Gasteiger partial charge in [-0.15, -0.1) is 0 Å². The highest BCUT2D eigenvalue weighted by Crippen LogP contribution is 2.36. The Morgan fingerprint density at radius 2 is 2.28 bits per heavy atom. The van der Waals surface area contributed by atoms with Crippen LogP contribution in [0.1, 0.15) is 40.0 Å². The topological polar surface area (TPSA) is 45.6 Å². The third-order valence-corrected chi connectivity index (χ3v) is 3.31. The number of nitrogens with zero attached hydrogens (tertiary/aromatic N) is 1. The quantitative estimate of drug-likeness (QED) is 0.468. The van der Waals surface area contributed by atoms with Crippen LogP contribution < -0.4 is 10.7 Å². The minimum atomic E-state index is 0.350. The number of ether oxygens (including phenoxy) is 1. The van der Waals surface area contributed by atoms with Gasteiger partial charge in [0.2, 0.25) is 0 Å². The van der Waals surface area contributed by atoms with E-state index in [1.165, 1.54) is 12.1 Å². The molecule has 0 bridgehead atoms. The van der Waals surface area contributed by atoms with Crippen molar-refractivity contribution in [3.8, 4) is 0 Å². The van der Waals surface area contributed by atoms with Gasteiger partial charge in [0.15, 0.2) is 5.11 Å². The second kappa shape index (κ2) is 7.04. The van der Waals surface area contributed by atoms with Crippen LogP contribution in [0.4, 0.5) is 0 Å². The van der Waals surface area contributed by atoms with Crippen LogP contribution in [0.25, 0.3) is 0 Å². The van der Waals surface area contributed by atoms with Crippen LogP contribution >= 0.6 is 12.2 Å². The zero-order valence-corrected chi connectivity index (χ0v) is 12.7. The van der Waals surface area contributed by atoms with Crippen molar-refractivity contribution in [2.45, 2.75) is 40.0 Å². The van der Waals surface area contributed by atoms with Crippen LogP contribution in [0.5, 0.6) is 0 Å². The zero-order valence-electron chi connectivity index (χ0n) is 11.9. The summed E-state index contributed by atoms with van der Waals surface area (Å²) in [5, 5.41) is 8.04. The smallest absolute Gasteiger partial charge is 0.187 e. The normalized spacial score (nSPS) is 24.9. The molecule has 0 aromatic heterocycles. The second-order valence-corrected chi connectivity index (χ2v) is 6.30. The van der Waals surface area contributed by atoms with E-state index in [2.05, 4.69) is 36.6 Å². The van der Waals surface area contributed by atoms with E-state index in [0.717, 1.165) is 12.8 Å². The number of hydrogen-bond acceptors (Lipinski definition) is 3. The molecule has 0 aromatic carbocycles. The lowest BCUT2D eigenvalue weighted by Crippen LogP contribution is -2.36. The fraction of sp³-hybridized carbons (Fsp3) is 0.846. The van der Waals surface area contributed by atoms with Crippen molar-refractivity contribution in [1.82, 2.24) is 10.7 Å². The number of methoxy groups -OCH3 is 1. The molecule has 1 fully saturated rings. The van der Waals surface area contributed by atoms with Crippen molar-refractivity contribution in [3.05, 3.63) is 0 Å². The molecule has 1 saturated carbocycles. The molecule has 0 heterocycles. The first-order valence-electron chi connectivity index (χ1n) is 6.51. The minimum Gasteiger partial charge on any atom is -0.383 e. The van der Waals surface area contributed by atoms with Gasteiger partial charge in [0.05, 0.1) is 6.61 Å². The minimum absolute atomic E-state index is 0.350. The third kappa shape index (κ3) is 5.78. The number of hydrazone groups is 1. The van der Waals surface area contributed by atoms with Gasteiger partial charge in [-0.1, -0.05) is 20.8 Å². The van der Waals surface area contributed by atoms with Gasteiger partial charge >= 0.3 is 0 Å². The summed E-state index contributed by atoms with van der Waals surface area (Å²) in [7, 11) is 1.67. The highest BCUT2D eigenvalue weighted by atomic mass is 32.1. The van der Waals surface area contributed by atoms with Gasteiger partial charge in [0.1, 0.15) is 0 Å². The van der Waals surface area contributed by atoms with E-state index in [0.29, 0.717) is 29.6 Å². The average molecular weight is 271 g/mol. The predicted molar refractivity (Wildman–Crippen MR) is 79.8 cm³/mol. The van der Waals surface area contributed by atoms with Crippen LogP contribution in [0.2, 0.25) is 0 Å². The summed E-state index contributed by atoms with van der Waals surface area (Å²) < 4.78 is 4.94. The molecule has 1 aliphatic carbocycles. The molecule has 2 N–H and O–H groups in total. The molecule has 0 amide bonds. The summed E-state index contributed by atoms with van der Waals surface area (Å²) in [6, 6.07) is 0. The van der Waals surface area contributed by atoms with Crippen molar-refractivity contribution < 1.29 is 4.74 Å². The molecule has 1 rings (SSSR count). The highest BCUT2D eigenvalue weighted by Gasteiger charge is 2.29. The lowest BCUT2D eigenvalue weighted by Gasteiger charge is -2.34. The standard InChI is InChI=1S/C13H25N3OS/c1-10-7-11(9-13(2,3)8-10)15-16-12(18)14-5-6-17-4/h10H,5-9H2,1-4H3,(H2,14,16,18)/b15-11-. The van der Waals surface area contributed by atoms with Gasteiger partial charge in [-0.3, -0.25) is 5.43 Å². The van der Waals surface area contributed by atoms with Crippen molar-refractivity contribution in [2.24, 2.45) is 16.4 Å². The summed E-state index contributed by atoms with van der Waals surface area (Å²) in [5.41, 5.74) is 4.49. The van der Waals surface area contributed by atoms with Crippen molar-refractivity contribution in [1.29, 1.82) is 0 Å². The predicted octanol–water partition coefficient (Wildman–Crippen LogP) is 2.30. The Kier molecular flexibility index (Phi) is 6.02. The van der Waals surface area contributed by atoms with Crippen LogP contribution in [-0.4, -0.2) is 31.1 Å². The number of nitrogens with one attached hydrogen (secondary N) is 2. The molecule has 0 radical (unpaired) electrons. The monoisotopic (exact) mass is 271 g/mol. The third-order valence-electron chi connectivity index (χ3n) is 3.08. The van der Waals surface area contributed by atoms with Gasteiger partial charge in [0.25, 0.3) is 0 Å². The van der Waals surface area contributed by atoms with Crippen molar-refractivity contribution in [2.75, 3.05) is 20.3 Å². The molecule has 0 aromatic rings. The molecule has 0 spiro atoms. The summed E-state index contributed by atoms with van der Waals surface area (Å²) >= 11 is 5.14. The summed E-state index contributed by atoms with van der Waals surface area (Å²) in [6.07, 6.45) is 3.38. The molecular formula is C13H25N3OS. The first-order valence-corrected chi connectivity index (χ1v) is 6.92. The van der Waals surface area contributed by atoms with Crippen LogP contribution in [0, 0.1) is 11.3 Å². The Balaban J connectivity index is 2.39. The zero-order chi connectivity index (χ0) is 13.6. The summed E-state index contributed by atoms with van der Waals surface area (Å²) in [6.45, 7) is 8.23. The Morgan fingerprint density at radius 3 is 2.89 bits per heavy atom. The fourth-order valence-electron chi connectivity index (χ4n) is 2.64. The Bertz CT molecular complexity index is 315. The maximum absolute atomic E-state index is 5.14. The molecule has 1 atom stereocenters. The van der Waals surface area contributed by atoms with E-state index in [1.807, 2.05) is 0 Å². The molecule has 18 heavy (non-hydrogen) atoms. The fourth-order valence-corrected chi connectivity index (χ4v) is 2.78. The van der Waals surface area contributed by atoms with E-state index < -0.39 is 0 Å². The van der Waals surface area contributed by atoms with E-state index in [1.54, 1.807) is 7.11 Å². The van der Waals surface area contributed by atoms with E-state index in [-0.39, 0.29) is 0 Å². The lowest BCUT2D eigenvalue weighted by atomic mass is 9.72. The Hall–Kier alpha value is -0.680. The van der Waals surface area contributed by atoms with E-state index >= 15 is 0 Å². The molecule has 0 saturated heterocycles. The number of rotatable bonds is 4. The molecular weight excluding hydrogens is 246 g/mol. The summed E-state index contributed by atoms with van der Waals surface area (Å²) in [4.78, 5) is 0. The number of thiocarbonyl (C=S) groups is 1. The summed E-state index contributed by atoms with van der Waals surface area (Å²) in [5.74, 6) is 0.698.